The third kappa shape index (κ3) is 4.36. The summed E-state index contributed by atoms with van der Waals surface area (Å²) < 4.78 is 35.7. The second kappa shape index (κ2) is 9.35. The van der Waals surface area contributed by atoms with Crippen LogP contribution in [-0.2, 0) is 14.8 Å². The highest BCUT2D eigenvalue weighted by atomic mass is 32.2. The van der Waals surface area contributed by atoms with Crippen LogP contribution in [0.5, 0.6) is 0 Å². The number of hydrogen-bond donors (Lipinski definition) is 4. The number of hydrazine groups is 2. The normalized spacial score (nSPS) is 44.5. The van der Waals surface area contributed by atoms with E-state index in [2.05, 4.69) is 42.9 Å². The molecular weight excluding hydrogens is 430 g/mol. The number of ether oxygens (including phenoxy) is 1. The molecule has 0 aromatic heterocycles. The Balaban J connectivity index is 1.21. The van der Waals surface area contributed by atoms with E-state index in [-0.39, 0.29) is 18.2 Å². The summed E-state index contributed by atoms with van der Waals surface area (Å²) >= 11 is 0. The molecule has 4 N–H and O–H groups in total. The molecule has 0 amide bonds. The number of nitrogens with one attached hydrogen (secondary N) is 4. The first-order chi connectivity index (χ1) is 15.4. The van der Waals surface area contributed by atoms with E-state index >= 15 is 0 Å². The van der Waals surface area contributed by atoms with E-state index < -0.39 is 15.3 Å². The van der Waals surface area contributed by atoms with E-state index in [0.717, 1.165) is 52.0 Å². The molecule has 1 aliphatic carbocycles. The lowest BCUT2D eigenvalue weighted by Gasteiger charge is -2.43. The molecule has 0 spiro atoms. The molecule has 1 saturated carbocycles. The number of piperidine rings is 1. The van der Waals surface area contributed by atoms with Gasteiger partial charge in [-0.2, -0.15) is 0 Å². The number of hydrogen-bond acceptors (Lipinski definition) is 9. The van der Waals surface area contributed by atoms with Crippen molar-refractivity contribution in [3.05, 3.63) is 0 Å². The fourth-order valence-corrected chi connectivity index (χ4v) is 8.48. The monoisotopic (exact) mass is 471 g/mol. The molecule has 4 saturated heterocycles. The molecule has 5 fully saturated rings. The lowest BCUT2D eigenvalue weighted by molar-refractivity contribution is 0.00323. The van der Waals surface area contributed by atoms with Gasteiger partial charge in [0.15, 0.2) is 0 Å². The summed E-state index contributed by atoms with van der Waals surface area (Å²) in [5.41, 5.74) is 6.95. The third-order valence-electron chi connectivity index (χ3n) is 8.74. The van der Waals surface area contributed by atoms with E-state index in [9.17, 15) is 8.42 Å². The largest absolute Gasteiger partial charge is 0.380 e. The molecule has 5 rings (SSSR count). The van der Waals surface area contributed by atoms with Gasteiger partial charge in [-0.05, 0) is 38.6 Å². The fourth-order valence-electron chi connectivity index (χ4n) is 6.85. The Hall–Kier alpha value is -0.370. The van der Waals surface area contributed by atoms with Crippen molar-refractivity contribution in [2.45, 2.75) is 61.2 Å². The third-order valence-corrected chi connectivity index (χ3v) is 10.6. The topological polar surface area (TPSA) is 101 Å². The minimum Gasteiger partial charge on any atom is -0.380 e. The second-order valence-electron chi connectivity index (χ2n) is 10.5. The molecule has 5 aliphatic rings. The Morgan fingerprint density at radius 3 is 2.59 bits per heavy atom. The van der Waals surface area contributed by atoms with Gasteiger partial charge in [0.1, 0.15) is 0 Å². The van der Waals surface area contributed by atoms with Crippen molar-refractivity contribution < 1.29 is 13.2 Å². The zero-order valence-electron chi connectivity index (χ0n) is 19.7. The highest BCUT2D eigenvalue weighted by Crippen LogP contribution is 2.34. The minimum atomic E-state index is -3.45. The van der Waals surface area contributed by atoms with Crippen LogP contribution in [0.1, 0.15) is 25.7 Å². The van der Waals surface area contributed by atoms with Gasteiger partial charge >= 0.3 is 0 Å². The average Bonchev–Trinajstić information content (AvgIpc) is 3.37. The molecule has 11 heteroatoms. The van der Waals surface area contributed by atoms with Crippen LogP contribution in [0.2, 0.25) is 0 Å². The van der Waals surface area contributed by atoms with Gasteiger partial charge in [-0.25, -0.2) is 23.2 Å². The summed E-state index contributed by atoms with van der Waals surface area (Å²) in [6, 6.07) is 0.786. The lowest BCUT2D eigenvalue weighted by Crippen LogP contribution is -2.62. The number of likely N-dealkylation sites (N-methyl/N-ethyl adjacent to an activating group) is 2. The van der Waals surface area contributed by atoms with E-state index in [1.54, 1.807) is 7.11 Å². The van der Waals surface area contributed by atoms with Crippen LogP contribution >= 0.6 is 0 Å². The summed E-state index contributed by atoms with van der Waals surface area (Å²) in [5, 5.41) is 7.71. The molecule has 0 aromatic rings. The van der Waals surface area contributed by atoms with Crippen molar-refractivity contribution in [2.24, 2.45) is 11.8 Å². The molecule has 8 atom stereocenters. The van der Waals surface area contributed by atoms with Crippen molar-refractivity contribution in [3.8, 4) is 0 Å². The Bertz CT molecular complexity index is 762. The maximum absolute atomic E-state index is 13.4. The Labute approximate surface area is 192 Å². The number of rotatable bonds is 5. The molecule has 0 aromatic carbocycles. The maximum Gasteiger partial charge on any atom is 0.216 e. The highest BCUT2D eigenvalue weighted by molar-refractivity contribution is 7.90. The molecule has 8 unspecified atom stereocenters. The Morgan fingerprint density at radius 2 is 1.84 bits per heavy atom. The van der Waals surface area contributed by atoms with Crippen LogP contribution < -0.4 is 20.9 Å². The van der Waals surface area contributed by atoms with E-state index in [1.165, 1.54) is 0 Å². The van der Waals surface area contributed by atoms with E-state index in [0.29, 0.717) is 36.9 Å². The van der Waals surface area contributed by atoms with Crippen LogP contribution in [0.4, 0.5) is 0 Å². The van der Waals surface area contributed by atoms with Gasteiger partial charge in [0.25, 0.3) is 0 Å². The van der Waals surface area contributed by atoms with Crippen LogP contribution in [0.15, 0.2) is 0 Å². The van der Waals surface area contributed by atoms with Crippen molar-refractivity contribution in [3.63, 3.8) is 0 Å². The predicted molar refractivity (Wildman–Crippen MR) is 123 cm³/mol. The lowest BCUT2D eigenvalue weighted by atomic mass is 9.80. The molecule has 32 heavy (non-hydrogen) atoms. The first-order valence-corrected chi connectivity index (χ1v) is 13.8. The first-order valence-electron chi connectivity index (χ1n) is 12.3. The van der Waals surface area contributed by atoms with Gasteiger partial charge < -0.3 is 15.0 Å². The van der Waals surface area contributed by atoms with Gasteiger partial charge in [0, 0.05) is 77.5 Å². The van der Waals surface area contributed by atoms with Crippen LogP contribution in [0.25, 0.3) is 0 Å². The van der Waals surface area contributed by atoms with Crippen LogP contribution in [0.3, 0.4) is 0 Å². The molecule has 0 bridgehead atoms. The van der Waals surface area contributed by atoms with Crippen molar-refractivity contribution >= 4 is 10.0 Å². The molecule has 184 valence electrons. The summed E-state index contributed by atoms with van der Waals surface area (Å²) in [5.74, 6) is 0.976. The first kappa shape index (κ1) is 23.4. The summed E-state index contributed by atoms with van der Waals surface area (Å²) in [6.07, 6.45) is 3.48. The highest BCUT2D eigenvalue weighted by Gasteiger charge is 2.48. The standard InChI is InChI=1S/C21H41N7O3S/c1-26-8-9-28-18(13-26)16(12-24-28)17-6-5-15(11-22-17)32(29,30)25-20-19(31-3)7-4-14-10-23-27(2)21(14)20/h14-25H,4-13H2,1-3H3. The van der Waals surface area contributed by atoms with E-state index in [1.807, 2.05) is 7.05 Å². The van der Waals surface area contributed by atoms with Crippen LogP contribution in [0, 0.1) is 11.8 Å². The predicted octanol–water partition coefficient (Wildman–Crippen LogP) is -1.61. The molecular formula is C21H41N7O3S. The fraction of sp³-hybridized carbons (Fsp3) is 1.00. The molecule has 4 aliphatic heterocycles. The smallest absolute Gasteiger partial charge is 0.216 e. The number of piperazine rings is 1. The zero-order chi connectivity index (χ0) is 22.5. The maximum atomic E-state index is 13.4. The number of sulfonamides is 1. The van der Waals surface area contributed by atoms with Crippen molar-refractivity contribution in [2.75, 3.05) is 60.5 Å². The van der Waals surface area contributed by atoms with Gasteiger partial charge in [-0.1, -0.05) is 0 Å². The van der Waals surface area contributed by atoms with Gasteiger partial charge in [-0.15, -0.1) is 0 Å². The number of fused-ring (bicyclic) bond motifs is 2. The minimum absolute atomic E-state index is 0.0866. The quantitative estimate of drug-likeness (QED) is 0.377. The van der Waals surface area contributed by atoms with E-state index in [4.69, 9.17) is 4.74 Å². The summed E-state index contributed by atoms with van der Waals surface area (Å²) in [6.45, 7) is 5.63. The van der Waals surface area contributed by atoms with Crippen molar-refractivity contribution in [1.82, 2.24) is 35.8 Å². The van der Waals surface area contributed by atoms with Gasteiger partial charge in [0.05, 0.1) is 17.4 Å². The van der Waals surface area contributed by atoms with Crippen molar-refractivity contribution in [1.29, 1.82) is 0 Å². The number of methoxy groups -OCH3 is 1. The Morgan fingerprint density at radius 1 is 1.00 bits per heavy atom. The summed E-state index contributed by atoms with van der Waals surface area (Å²) in [7, 11) is 2.45. The zero-order valence-corrected chi connectivity index (χ0v) is 20.5. The molecule has 4 heterocycles. The molecule has 10 nitrogen and oxygen atoms in total. The Kier molecular flexibility index (Phi) is 6.83. The number of nitrogens with zero attached hydrogens (tertiary/aromatic N) is 3. The summed E-state index contributed by atoms with van der Waals surface area (Å²) in [4.78, 5) is 2.40. The molecule has 0 radical (unpaired) electrons. The van der Waals surface area contributed by atoms with Gasteiger partial charge in [0.2, 0.25) is 10.0 Å². The van der Waals surface area contributed by atoms with Gasteiger partial charge in [-0.3, -0.25) is 10.9 Å². The second-order valence-corrected chi connectivity index (χ2v) is 12.5. The van der Waals surface area contributed by atoms with Crippen LogP contribution in [-0.4, -0.2) is 119 Å². The average molecular weight is 472 g/mol. The SMILES string of the molecule is COC1CCC2CNN(C)C2C1NS(=O)(=O)C1CCC(C2CNN3CCN(C)CC23)NC1.